The van der Waals surface area contributed by atoms with Crippen LogP contribution in [0.4, 0.5) is 15.9 Å². The summed E-state index contributed by atoms with van der Waals surface area (Å²) in [7, 11) is 0. The number of fused-ring (bicyclic) bond motifs is 4. The Kier molecular flexibility index (Phi) is 6.44. The van der Waals surface area contributed by atoms with Crippen LogP contribution in [-0.4, -0.2) is 83.8 Å². The first-order valence-corrected chi connectivity index (χ1v) is 15.8. The van der Waals surface area contributed by atoms with E-state index in [0.717, 1.165) is 80.8 Å². The van der Waals surface area contributed by atoms with E-state index in [1.165, 1.54) is 11.1 Å². The molecule has 2 aromatic rings. The van der Waals surface area contributed by atoms with Crippen LogP contribution in [0.5, 0.6) is 6.01 Å². The third-order valence-electron chi connectivity index (χ3n) is 11.0. The molecule has 5 heterocycles. The van der Waals surface area contributed by atoms with E-state index in [-0.39, 0.29) is 17.1 Å². The van der Waals surface area contributed by atoms with Gasteiger partial charge in [0.25, 0.3) is 0 Å². The summed E-state index contributed by atoms with van der Waals surface area (Å²) in [4.78, 5) is 14.7. The van der Waals surface area contributed by atoms with Crippen molar-refractivity contribution in [1.29, 1.82) is 0 Å². The number of ether oxygens (including phenoxy) is 3. The number of aliphatic hydroxyl groups excluding tert-OH is 1. The number of alkyl halides is 1. The van der Waals surface area contributed by atoms with E-state index >= 15 is 0 Å². The highest BCUT2D eigenvalue weighted by atomic mass is 19.1. The van der Waals surface area contributed by atoms with Crippen molar-refractivity contribution in [2.45, 2.75) is 87.8 Å². The van der Waals surface area contributed by atoms with Crippen molar-refractivity contribution in [2.24, 2.45) is 5.41 Å². The standard InChI is InChI=1S/C32H42FN5O4/c33-22-12-31(6-2-8-38(31)16-22)20-41-29-35-27-15-32(7-1-3-21-4-5-23(34)11-26(21)32)42-17-25(27)28(36-29)37-9-10-40-19-30(18-37)13-24(39)14-30/h4-5,11,22,24,39H,1-3,6-10,12-20,34H2. The molecule has 3 saturated heterocycles. The Hall–Kier alpha value is -2.53. The Balaban J connectivity index is 1.16. The largest absolute Gasteiger partial charge is 0.461 e. The molecule has 1 aromatic carbocycles. The van der Waals surface area contributed by atoms with Crippen molar-refractivity contribution < 1.29 is 23.7 Å². The molecule has 42 heavy (non-hydrogen) atoms. The van der Waals surface area contributed by atoms with Gasteiger partial charge in [0.2, 0.25) is 0 Å². The number of aryl methyl sites for hydroxylation is 1. The van der Waals surface area contributed by atoms with Crippen LogP contribution in [0.1, 0.15) is 67.3 Å². The van der Waals surface area contributed by atoms with E-state index in [2.05, 4.69) is 21.9 Å². The van der Waals surface area contributed by atoms with E-state index in [0.29, 0.717) is 58.4 Å². The quantitative estimate of drug-likeness (QED) is 0.528. The number of hydrogen-bond donors (Lipinski definition) is 2. The third kappa shape index (κ3) is 4.48. The molecule has 1 aromatic heterocycles. The number of aromatic nitrogens is 2. The molecule has 3 N–H and O–H groups in total. The van der Waals surface area contributed by atoms with Gasteiger partial charge in [-0.1, -0.05) is 6.07 Å². The van der Waals surface area contributed by atoms with Crippen LogP contribution in [0.3, 0.4) is 0 Å². The van der Waals surface area contributed by atoms with Crippen molar-refractivity contribution >= 4 is 11.5 Å². The summed E-state index contributed by atoms with van der Waals surface area (Å²) in [6.07, 6.45) is 6.51. The molecule has 226 valence electrons. The van der Waals surface area contributed by atoms with Crippen molar-refractivity contribution in [2.75, 3.05) is 56.6 Å². The first-order chi connectivity index (χ1) is 20.3. The molecule has 10 heteroatoms. The first-order valence-electron chi connectivity index (χ1n) is 15.8. The SMILES string of the molecule is Nc1ccc2c(c1)C1(CCC2)Cc2nc(OCC34CCCN3CC(F)C4)nc(N3CCOCC4(CC(O)C4)C3)c2CO1. The number of hydrogen-bond acceptors (Lipinski definition) is 9. The Morgan fingerprint density at radius 1 is 1.14 bits per heavy atom. The summed E-state index contributed by atoms with van der Waals surface area (Å²) in [5.74, 6) is 0.843. The van der Waals surface area contributed by atoms with Crippen LogP contribution in [0.25, 0.3) is 0 Å². The predicted molar refractivity (Wildman–Crippen MR) is 155 cm³/mol. The summed E-state index contributed by atoms with van der Waals surface area (Å²) in [6, 6.07) is 6.56. The number of rotatable bonds is 4. The van der Waals surface area contributed by atoms with Crippen molar-refractivity contribution in [3.05, 3.63) is 40.6 Å². The normalized spacial score (nSPS) is 35.9. The second-order valence-corrected chi connectivity index (χ2v) is 13.9. The number of nitrogens with zero attached hydrogens (tertiary/aromatic N) is 4. The highest BCUT2D eigenvalue weighted by Crippen LogP contribution is 2.48. The lowest BCUT2D eigenvalue weighted by Crippen LogP contribution is -2.50. The average molecular weight is 580 g/mol. The van der Waals surface area contributed by atoms with Gasteiger partial charge in [-0.15, -0.1) is 0 Å². The minimum atomic E-state index is -0.809. The smallest absolute Gasteiger partial charge is 0.318 e. The third-order valence-corrected chi connectivity index (χ3v) is 11.0. The molecule has 6 aliphatic rings. The van der Waals surface area contributed by atoms with Crippen LogP contribution >= 0.6 is 0 Å². The predicted octanol–water partition coefficient (Wildman–Crippen LogP) is 3.30. The highest BCUT2D eigenvalue weighted by molar-refractivity contribution is 5.54. The van der Waals surface area contributed by atoms with E-state index in [4.69, 9.17) is 29.9 Å². The number of halogens is 1. The Labute approximate surface area is 246 Å². The minimum Gasteiger partial charge on any atom is -0.461 e. The number of benzene rings is 1. The molecule has 3 atom stereocenters. The molecule has 2 aliphatic carbocycles. The van der Waals surface area contributed by atoms with Gasteiger partial charge in [-0.2, -0.15) is 9.97 Å². The monoisotopic (exact) mass is 579 g/mol. The lowest BCUT2D eigenvalue weighted by molar-refractivity contribution is -0.0856. The molecule has 9 nitrogen and oxygen atoms in total. The van der Waals surface area contributed by atoms with Crippen LogP contribution in [-0.2, 0) is 34.5 Å². The van der Waals surface area contributed by atoms with Gasteiger partial charge in [0.05, 0.1) is 42.8 Å². The van der Waals surface area contributed by atoms with Gasteiger partial charge in [0.1, 0.15) is 18.6 Å². The number of anilines is 2. The van der Waals surface area contributed by atoms with Gasteiger partial charge in [-0.3, -0.25) is 4.90 Å². The first kappa shape index (κ1) is 27.0. The summed E-state index contributed by atoms with van der Waals surface area (Å²) in [5.41, 5.74) is 10.6. The minimum absolute atomic E-state index is 0.0748. The zero-order valence-electron chi connectivity index (χ0n) is 24.3. The lowest BCUT2D eigenvalue weighted by Gasteiger charge is -2.47. The molecule has 0 amide bonds. The fourth-order valence-electron chi connectivity index (χ4n) is 8.92. The Morgan fingerprint density at radius 2 is 2.05 bits per heavy atom. The van der Waals surface area contributed by atoms with Crippen LogP contribution < -0.4 is 15.4 Å². The zero-order chi connectivity index (χ0) is 28.5. The van der Waals surface area contributed by atoms with Gasteiger partial charge in [-0.05, 0) is 74.8 Å². The topological polar surface area (TPSA) is 106 Å². The van der Waals surface area contributed by atoms with Gasteiger partial charge in [-0.25, -0.2) is 4.39 Å². The van der Waals surface area contributed by atoms with E-state index in [1.54, 1.807) is 0 Å². The van der Waals surface area contributed by atoms with Crippen LogP contribution in [0.2, 0.25) is 0 Å². The van der Waals surface area contributed by atoms with Crippen molar-refractivity contribution in [3.63, 3.8) is 0 Å². The van der Waals surface area contributed by atoms with E-state index in [1.807, 2.05) is 6.07 Å². The number of aliphatic hydroxyl groups is 1. The fourth-order valence-corrected chi connectivity index (χ4v) is 8.92. The van der Waals surface area contributed by atoms with E-state index < -0.39 is 11.8 Å². The van der Waals surface area contributed by atoms with E-state index in [9.17, 15) is 9.50 Å². The number of nitrogens with two attached hydrogens (primary N) is 1. The maximum Gasteiger partial charge on any atom is 0.318 e. The lowest BCUT2D eigenvalue weighted by atomic mass is 9.67. The molecule has 4 fully saturated rings. The van der Waals surface area contributed by atoms with Crippen LogP contribution in [0.15, 0.2) is 18.2 Å². The molecule has 8 rings (SSSR count). The summed E-state index contributed by atoms with van der Waals surface area (Å²) >= 11 is 0. The molecular formula is C32H42FN5O4. The Morgan fingerprint density at radius 3 is 2.93 bits per heavy atom. The fraction of sp³-hybridized carbons (Fsp3) is 0.688. The molecule has 2 spiro atoms. The maximum atomic E-state index is 14.5. The molecule has 0 radical (unpaired) electrons. The van der Waals surface area contributed by atoms with Crippen LogP contribution in [0, 0.1) is 5.41 Å². The second-order valence-electron chi connectivity index (χ2n) is 13.9. The van der Waals surface area contributed by atoms with Gasteiger partial charge in [0.15, 0.2) is 0 Å². The van der Waals surface area contributed by atoms with Gasteiger partial charge in [0, 0.05) is 49.1 Å². The zero-order valence-corrected chi connectivity index (χ0v) is 24.3. The van der Waals surface area contributed by atoms with Gasteiger partial charge < -0.3 is 30.0 Å². The van der Waals surface area contributed by atoms with Gasteiger partial charge >= 0.3 is 6.01 Å². The van der Waals surface area contributed by atoms with Crippen molar-refractivity contribution in [1.82, 2.24) is 14.9 Å². The summed E-state index contributed by atoms with van der Waals surface area (Å²) in [6.45, 7) is 4.93. The Bertz CT molecular complexity index is 1370. The second kappa shape index (κ2) is 10.0. The number of nitrogen functional groups attached to an aromatic ring is 1. The molecular weight excluding hydrogens is 537 g/mol. The van der Waals surface area contributed by atoms with Crippen molar-refractivity contribution in [3.8, 4) is 6.01 Å². The molecule has 4 aliphatic heterocycles. The average Bonchev–Trinajstić information content (AvgIpc) is 3.38. The molecule has 3 unspecified atom stereocenters. The molecule has 1 saturated carbocycles. The highest BCUT2D eigenvalue weighted by Gasteiger charge is 2.50. The molecule has 0 bridgehead atoms. The summed E-state index contributed by atoms with van der Waals surface area (Å²) < 4.78 is 33.8. The summed E-state index contributed by atoms with van der Waals surface area (Å²) in [5, 5.41) is 10.2. The maximum absolute atomic E-state index is 14.5.